The number of hydrogen-bond acceptors (Lipinski definition) is 8. The minimum Gasteiger partial charge on any atom is -0.507 e. The van der Waals surface area contributed by atoms with E-state index in [1.807, 2.05) is 6.92 Å². The smallest absolute Gasteiger partial charge is 0.301 e. The molecular weight excluding hydrogens is 511 g/mol. The monoisotopic (exact) mass is 532 g/mol. The van der Waals surface area contributed by atoms with E-state index in [9.17, 15) is 19.1 Å². The van der Waals surface area contributed by atoms with Gasteiger partial charge in [-0.3, -0.25) is 14.5 Å². The van der Waals surface area contributed by atoms with Gasteiger partial charge in [-0.25, -0.2) is 9.37 Å². The number of hydrogen-bond donors (Lipinski definition) is 1. The van der Waals surface area contributed by atoms with Crippen LogP contribution in [0.4, 0.5) is 9.52 Å². The molecule has 8 nitrogen and oxygen atoms in total. The maximum absolute atomic E-state index is 13.9. The van der Waals surface area contributed by atoms with Crippen LogP contribution in [0.3, 0.4) is 0 Å². The molecular formula is C28H21FN2O6S. The average Bonchev–Trinajstić information content (AvgIpc) is 3.46. The number of anilines is 1. The van der Waals surface area contributed by atoms with Gasteiger partial charge >= 0.3 is 5.91 Å². The van der Waals surface area contributed by atoms with Gasteiger partial charge in [0, 0.05) is 5.56 Å². The van der Waals surface area contributed by atoms with Crippen molar-refractivity contribution in [3.63, 3.8) is 0 Å². The molecule has 3 heterocycles. The molecule has 10 heteroatoms. The summed E-state index contributed by atoms with van der Waals surface area (Å²) < 4.78 is 31.2. The molecule has 1 unspecified atom stereocenters. The summed E-state index contributed by atoms with van der Waals surface area (Å²) in [6.07, 6.45) is 0. The van der Waals surface area contributed by atoms with Crippen molar-refractivity contribution in [3.05, 3.63) is 83.2 Å². The molecule has 6 rings (SSSR count). The highest BCUT2D eigenvalue weighted by Gasteiger charge is 2.48. The van der Waals surface area contributed by atoms with E-state index in [4.69, 9.17) is 14.2 Å². The third-order valence-electron chi connectivity index (χ3n) is 6.29. The predicted octanol–water partition coefficient (Wildman–Crippen LogP) is 5.23. The van der Waals surface area contributed by atoms with Crippen LogP contribution >= 0.6 is 11.3 Å². The highest BCUT2D eigenvalue weighted by Crippen LogP contribution is 2.45. The highest BCUT2D eigenvalue weighted by atomic mass is 32.1. The molecule has 2 aliphatic rings. The number of aromatic nitrogens is 1. The number of ketones is 1. The maximum atomic E-state index is 13.9. The van der Waals surface area contributed by atoms with Crippen molar-refractivity contribution >= 4 is 44.1 Å². The van der Waals surface area contributed by atoms with Crippen molar-refractivity contribution in [2.45, 2.75) is 13.0 Å². The summed E-state index contributed by atoms with van der Waals surface area (Å²) in [5, 5.41) is 11.7. The van der Waals surface area contributed by atoms with Crippen molar-refractivity contribution in [1.82, 2.24) is 4.98 Å². The van der Waals surface area contributed by atoms with E-state index in [0.717, 1.165) is 11.3 Å². The number of amides is 1. The molecule has 192 valence electrons. The molecule has 0 saturated carbocycles. The van der Waals surface area contributed by atoms with Crippen molar-refractivity contribution in [1.29, 1.82) is 0 Å². The Hall–Kier alpha value is -4.44. The molecule has 3 aromatic carbocycles. The van der Waals surface area contributed by atoms with E-state index in [2.05, 4.69) is 4.98 Å². The number of halogens is 1. The third kappa shape index (κ3) is 4.03. The minimum atomic E-state index is -1.01. The van der Waals surface area contributed by atoms with Gasteiger partial charge < -0.3 is 19.3 Å². The van der Waals surface area contributed by atoms with Crippen molar-refractivity contribution < 1.29 is 33.3 Å². The van der Waals surface area contributed by atoms with Gasteiger partial charge in [-0.1, -0.05) is 23.5 Å². The molecule has 1 fully saturated rings. The van der Waals surface area contributed by atoms with E-state index < -0.39 is 23.5 Å². The van der Waals surface area contributed by atoms with Crippen LogP contribution in [0, 0.1) is 5.82 Å². The quantitative estimate of drug-likeness (QED) is 0.213. The molecule has 0 aliphatic carbocycles. The Morgan fingerprint density at radius 2 is 1.92 bits per heavy atom. The number of ether oxygens (including phenoxy) is 3. The zero-order valence-corrected chi connectivity index (χ0v) is 21.0. The number of carbonyl (C=O) groups excluding carboxylic acids is 2. The maximum Gasteiger partial charge on any atom is 0.301 e. The topological polar surface area (TPSA) is 98.2 Å². The molecule has 0 radical (unpaired) electrons. The lowest BCUT2D eigenvalue weighted by atomic mass is 9.95. The van der Waals surface area contributed by atoms with Crippen molar-refractivity contribution in [3.8, 4) is 17.2 Å². The molecule has 38 heavy (non-hydrogen) atoms. The summed E-state index contributed by atoms with van der Waals surface area (Å²) in [7, 11) is 0. The fourth-order valence-corrected chi connectivity index (χ4v) is 5.64. The summed E-state index contributed by atoms with van der Waals surface area (Å²) in [6, 6.07) is 14.9. The van der Waals surface area contributed by atoms with Crippen LogP contribution in [-0.2, 0) is 9.59 Å². The fraction of sp³-hybridized carbons (Fsp3) is 0.179. The van der Waals surface area contributed by atoms with Crippen LogP contribution in [0.25, 0.3) is 16.0 Å². The summed E-state index contributed by atoms with van der Waals surface area (Å²) in [4.78, 5) is 32.7. The highest BCUT2D eigenvalue weighted by molar-refractivity contribution is 7.22. The summed E-state index contributed by atoms with van der Waals surface area (Å²) in [5.74, 6) is -1.02. The van der Waals surface area contributed by atoms with Crippen molar-refractivity contribution in [2.24, 2.45) is 0 Å². The van der Waals surface area contributed by atoms with E-state index >= 15 is 0 Å². The van der Waals surface area contributed by atoms with Gasteiger partial charge in [-0.05, 0) is 61.0 Å². The summed E-state index contributed by atoms with van der Waals surface area (Å²) >= 11 is 1.09. The zero-order chi connectivity index (χ0) is 26.4. The van der Waals surface area contributed by atoms with Gasteiger partial charge in [-0.2, -0.15) is 0 Å². The first-order valence-corrected chi connectivity index (χ1v) is 12.8. The Morgan fingerprint density at radius 1 is 1.11 bits per heavy atom. The van der Waals surface area contributed by atoms with Crippen LogP contribution in [0.2, 0.25) is 0 Å². The summed E-state index contributed by atoms with van der Waals surface area (Å²) in [6.45, 7) is 3.03. The Bertz CT molecular complexity index is 1630. The summed E-state index contributed by atoms with van der Waals surface area (Å²) in [5.41, 5.74) is 1.22. The van der Waals surface area contributed by atoms with Crippen LogP contribution in [0.1, 0.15) is 24.1 Å². The first-order chi connectivity index (χ1) is 18.4. The second-order valence-electron chi connectivity index (χ2n) is 8.64. The Labute approximate surface area is 220 Å². The van der Waals surface area contributed by atoms with Crippen LogP contribution < -0.4 is 19.1 Å². The lowest BCUT2D eigenvalue weighted by Crippen LogP contribution is -2.29. The van der Waals surface area contributed by atoms with E-state index in [1.54, 1.807) is 42.5 Å². The molecule has 1 atom stereocenters. The fourth-order valence-electron chi connectivity index (χ4n) is 4.62. The Balaban J connectivity index is 1.54. The zero-order valence-electron chi connectivity index (χ0n) is 20.1. The van der Waals surface area contributed by atoms with Crippen LogP contribution in [0.5, 0.6) is 17.2 Å². The van der Waals surface area contributed by atoms with Gasteiger partial charge in [-0.15, -0.1) is 0 Å². The third-order valence-corrected chi connectivity index (χ3v) is 7.31. The molecule has 2 aliphatic heterocycles. The average molecular weight is 533 g/mol. The molecule has 1 saturated heterocycles. The molecule has 0 bridgehead atoms. The second-order valence-corrected chi connectivity index (χ2v) is 9.65. The largest absolute Gasteiger partial charge is 0.507 e. The predicted molar refractivity (Wildman–Crippen MR) is 139 cm³/mol. The second kappa shape index (κ2) is 9.46. The number of benzene rings is 3. The van der Waals surface area contributed by atoms with Crippen molar-refractivity contribution in [2.75, 3.05) is 24.7 Å². The minimum absolute atomic E-state index is 0.106. The first kappa shape index (κ1) is 23.9. The first-order valence-electron chi connectivity index (χ1n) is 11.9. The van der Waals surface area contributed by atoms with Crippen LogP contribution in [-0.4, -0.2) is 41.6 Å². The van der Waals surface area contributed by atoms with Gasteiger partial charge in [0.2, 0.25) is 0 Å². The van der Waals surface area contributed by atoms with Gasteiger partial charge in [0.05, 0.1) is 28.4 Å². The molecule has 1 amide bonds. The SMILES string of the molecule is CCOc1cccc(C2C(=C(O)c3ccc4c(c3)OCCO4)C(=O)C(=O)N2c2nc3ccc(F)cc3s2)c1. The van der Waals surface area contributed by atoms with E-state index in [-0.39, 0.29) is 16.5 Å². The normalized spacial score (nSPS) is 18.3. The standard InChI is InChI=1S/C28H21FN2O6S/c1-2-35-18-5-3-4-15(12-18)24-23(25(32)16-6-9-20-21(13-16)37-11-10-36-20)26(33)27(34)31(24)28-30-19-8-7-17(29)14-22(19)38-28/h3-9,12-14,24,32H,2,10-11H2,1H3. The Morgan fingerprint density at radius 3 is 2.74 bits per heavy atom. The number of Topliss-reactive ketones (excluding diaryl/α,β-unsaturated/α-hetero) is 1. The number of rotatable bonds is 5. The number of aliphatic hydroxyl groups is 1. The number of thiazole rings is 1. The molecule has 1 N–H and O–H groups in total. The van der Waals surface area contributed by atoms with Gasteiger partial charge in [0.15, 0.2) is 16.6 Å². The van der Waals surface area contributed by atoms with Gasteiger partial charge in [0.1, 0.15) is 30.5 Å². The lowest BCUT2D eigenvalue weighted by molar-refractivity contribution is -0.132. The lowest BCUT2D eigenvalue weighted by Gasteiger charge is -2.23. The Kier molecular flexibility index (Phi) is 5.96. The number of carbonyl (C=O) groups is 2. The molecule has 1 aromatic heterocycles. The number of fused-ring (bicyclic) bond motifs is 2. The molecule has 0 spiro atoms. The van der Waals surface area contributed by atoms with Gasteiger partial charge in [0.25, 0.3) is 5.78 Å². The van der Waals surface area contributed by atoms with E-state index in [1.165, 1.54) is 23.1 Å². The number of nitrogens with zero attached hydrogens (tertiary/aromatic N) is 2. The number of aliphatic hydroxyl groups excluding tert-OH is 1. The van der Waals surface area contributed by atoms with Crippen LogP contribution in [0.15, 0.2) is 66.2 Å². The van der Waals surface area contributed by atoms with E-state index in [0.29, 0.717) is 58.4 Å². The molecule has 4 aromatic rings.